The van der Waals surface area contributed by atoms with Gasteiger partial charge in [-0.25, -0.2) is 0 Å². The average molecular weight is 230 g/mol. The average Bonchev–Trinajstić information content (AvgIpc) is 2.73. The van der Waals surface area contributed by atoms with Crippen LogP contribution in [0.4, 0.5) is 0 Å². The number of fused-ring (bicyclic) bond motifs is 1. The van der Waals surface area contributed by atoms with Crippen LogP contribution in [0.1, 0.15) is 12.0 Å². The molecule has 2 rings (SSSR count). The maximum atomic E-state index is 11.1. The van der Waals surface area contributed by atoms with Crippen molar-refractivity contribution in [3.8, 4) is 0 Å². The van der Waals surface area contributed by atoms with Gasteiger partial charge >= 0.3 is 0 Å². The predicted molar refractivity (Wildman–Crippen MR) is 65.7 cm³/mol. The molecule has 1 aromatic carbocycles. The Hall–Kier alpha value is -2.10. The number of aldehydes is 1. The number of carbonyl (C=O) groups is 2. The van der Waals surface area contributed by atoms with Crippen LogP contribution < -0.4 is 5.32 Å². The Kier molecular flexibility index (Phi) is 3.55. The zero-order chi connectivity index (χ0) is 12.1. The summed E-state index contributed by atoms with van der Waals surface area (Å²) >= 11 is 0. The molecule has 1 heterocycles. The highest BCUT2D eigenvalue weighted by atomic mass is 16.2. The number of H-pyrrole nitrogens is 1. The van der Waals surface area contributed by atoms with Crippen LogP contribution in [0.25, 0.3) is 10.9 Å². The number of hydrogen-bond acceptors (Lipinski definition) is 2. The van der Waals surface area contributed by atoms with Crippen molar-refractivity contribution in [3.05, 3.63) is 36.0 Å². The molecule has 4 nitrogen and oxygen atoms in total. The fraction of sp³-hybridized carbons (Fsp3) is 0.231. The monoisotopic (exact) mass is 230 g/mol. The highest BCUT2D eigenvalue weighted by Gasteiger charge is 2.03. The van der Waals surface area contributed by atoms with E-state index in [9.17, 15) is 9.59 Å². The molecule has 0 aliphatic rings. The van der Waals surface area contributed by atoms with Gasteiger partial charge in [-0.3, -0.25) is 4.79 Å². The maximum absolute atomic E-state index is 11.1. The number of benzene rings is 1. The SMILES string of the molecule is O=CCC(=O)NCCc1c[nH]c2ccccc12. The molecule has 2 aromatic rings. The van der Waals surface area contributed by atoms with Crippen molar-refractivity contribution in [1.29, 1.82) is 0 Å². The van der Waals surface area contributed by atoms with Crippen LogP contribution in [-0.2, 0) is 16.0 Å². The molecule has 17 heavy (non-hydrogen) atoms. The number of aromatic nitrogens is 1. The van der Waals surface area contributed by atoms with E-state index in [-0.39, 0.29) is 12.3 Å². The molecule has 88 valence electrons. The number of rotatable bonds is 5. The lowest BCUT2D eigenvalue weighted by Crippen LogP contribution is -2.25. The van der Waals surface area contributed by atoms with Crippen LogP contribution in [0, 0.1) is 0 Å². The Morgan fingerprint density at radius 2 is 2.18 bits per heavy atom. The molecule has 1 amide bonds. The summed E-state index contributed by atoms with van der Waals surface area (Å²) in [5, 5.41) is 3.88. The predicted octanol–water partition coefficient (Wildman–Crippen LogP) is 1.42. The molecular weight excluding hydrogens is 216 g/mol. The van der Waals surface area contributed by atoms with Crippen molar-refractivity contribution >= 4 is 23.1 Å². The first-order valence-corrected chi connectivity index (χ1v) is 5.56. The fourth-order valence-corrected chi connectivity index (χ4v) is 1.82. The van der Waals surface area contributed by atoms with Gasteiger partial charge in [0.25, 0.3) is 0 Å². The Morgan fingerprint density at radius 3 is 3.00 bits per heavy atom. The Bertz CT molecular complexity index is 531. The number of hydrogen-bond donors (Lipinski definition) is 2. The highest BCUT2D eigenvalue weighted by molar-refractivity contribution is 5.88. The molecule has 0 aliphatic heterocycles. The largest absolute Gasteiger partial charge is 0.361 e. The molecule has 1 aromatic heterocycles. The second-order valence-corrected chi connectivity index (χ2v) is 3.83. The molecule has 2 N–H and O–H groups in total. The second kappa shape index (κ2) is 5.30. The van der Waals surface area contributed by atoms with Crippen molar-refractivity contribution in [2.24, 2.45) is 0 Å². The van der Waals surface area contributed by atoms with Crippen molar-refractivity contribution in [3.63, 3.8) is 0 Å². The van der Waals surface area contributed by atoms with E-state index in [1.807, 2.05) is 24.4 Å². The summed E-state index contributed by atoms with van der Waals surface area (Å²) < 4.78 is 0. The molecule has 0 atom stereocenters. The summed E-state index contributed by atoms with van der Waals surface area (Å²) in [7, 11) is 0. The van der Waals surface area contributed by atoms with Crippen LogP contribution in [0.2, 0.25) is 0 Å². The van der Waals surface area contributed by atoms with Gasteiger partial charge in [-0.1, -0.05) is 18.2 Å². The van der Waals surface area contributed by atoms with E-state index in [0.29, 0.717) is 12.8 Å². The molecule has 0 spiro atoms. The topological polar surface area (TPSA) is 62.0 Å². The molecular formula is C13H14N2O2. The van der Waals surface area contributed by atoms with Crippen LogP contribution in [0.5, 0.6) is 0 Å². The molecule has 4 heteroatoms. The number of para-hydroxylation sites is 1. The third-order valence-corrected chi connectivity index (χ3v) is 2.66. The first kappa shape index (κ1) is 11.4. The van der Waals surface area contributed by atoms with Crippen LogP contribution in [0.15, 0.2) is 30.5 Å². The summed E-state index contributed by atoms with van der Waals surface area (Å²) in [6.07, 6.45) is 3.26. The molecule has 0 saturated heterocycles. The molecule has 0 saturated carbocycles. The molecule has 0 radical (unpaired) electrons. The summed E-state index contributed by atoms with van der Waals surface area (Å²) in [5.41, 5.74) is 2.27. The lowest BCUT2D eigenvalue weighted by molar-refractivity contribution is -0.123. The summed E-state index contributed by atoms with van der Waals surface area (Å²) in [6.45, 7) is 0.550. The van der Waals surface area contributed by atoms with Gasteiger partial charge in [0.1, 0.15) is 6.29 Å². The van der Waals surface area contributed by atoms with E-state index in [1.165, 1.54) is 10.9 Å². The van der Waals surface area contributed by atoms with E-state index in [2.05, 4.69) is 16.4 Å². The van der Waals surface area contributed by atoms with Crippen LogP contribution >= 0.6 is 0 Å². The van der Waals surface area contributed by atoms with E-state index in [4.69, 9.17) is 0 Å². The van der Waals surface area contributed by atoms with Gasteiger partial charge in [-0.15, -0.1) is 0 Å². The quantitative estimate of drug-likeness (QED) is 0.602. The van der Waals surface area contributed by atoms with Crippen molar-refractivity contribution in [2.75, 3.05) is 6.54 Å². The summed E-state index contributed by atoms with van der Waals surface area (Å²) in [6, 6.07) is 8.04. The number of amides is 1. The molecule has 0 bridgehead atoms. The van der Waals surface area contributed by atoms with E-state index in [1.54, 1.807) is 0 Å². The van der Waals surface area contributed by atoms with Gasteiger partial charge < -0.3 is 15.1 Å². The first-order valence-electron chi connectivity index (χ1n) is 5.56. The van der Waals surface area contributed by atoms with Crippen LogP contribution in [0.3, 0.4) is 0 Å². The summed E-state index contributed by atoms with van der Waals surface area (Å²) in [5.74, 6) is -0.222. The first-order chi connectivity index (χ1) is 8.31. The van der Waals surface area contributed by atoms with E-state index in [0.717, 1.165) is 11.9 Å². The Morgan fingerprint density at radius 1 is 1.35 bits per heavy atom. The van der Waals surface area contributed by atoms with Gasteiger partial charge in [-0.05, 0) is 18.1 Å². The highest BCUT2D eigenvalue weighted by Crippen LogP contribution is 2.17. The lowest BCUT2D eigenvalue weighted by Gasteiger charge is -2.02. The van der Waals surface area contributed by atoms with Crippen molar-refractivity contribution < 1.29 is 9.59 Å². The van der Waals surface area contributed by atoms with Gasteiger partial charge in [0.15, 0.2) is 0 Å². The fourth-order valence-electron chi connectivity index (χ4n) is 1.82. The Labute approximate surface area is 99.0 Å². The van der Waals surface area contributed by atoms with E-state index < -0.39 is 0 Å². The van der Waals surface area contributed by atoms with Crippen molar-refractivity contribution in [2.45, 2.75) is 12.8 Å². The summed E-state index contributed by atoms with van der Waals surface area (Å²) in [4.78, 5) is 24.4. The number of nitrogens with one attached hydrogen (secondary N) is 2. The third kappa shape index (κ3) is 2.72. The number of carbonyl (C=O) groups excluding carboxylic acids is 2. The lowest BCUT2D eigenvalue weighted by atomic mass is 10.1. The smallest absolute Gasteiger partial charge is 0.227 e. The minimum Gasteiger partial charge on any atom is -0.361 e. The van der Waals surface area contributed by atoms with Gasteiger partial charge in [0.05, 0.1) is 6.42 Å². The second-order valence-electron chi connectivity index (χ2n) is 3.83. The third-order valence-electron chi connectivity index (χ3n) is 2.66. The van der Waals surface area contributed by atoms with Crippen LogP contribution in [-0.4, -0.2) is 23.7 Å². The van der Waals surface area contributed by atoms with Crippen molar-refractivity contribution in [1.82, 2.24) is 10.3 Å². The molecule has 0 unspecified atom stereocenters. The minimum atomic E-state index is -0.222. The number of aromatic amines is 1. The van der Waals surface area contributed by atoms with E-state index >= 15 is 0 Å². The Balaban J connectivity index is 1.95. The normalized spacial score (nSPS) is 10.4. The standard InChI is InChI=1S/C13H14N2O2/c16-8-6-13(17)14-7-5-10-9-15-12-4-2-1-3-11(10)12/h1-4,8-9,15H,5-7H2,(H,14,17). The van der Waals surface area contributed by atoms with Gasteiger partial charge in [0, 0.05) is 23.6 Å². The zero-order valence-electron chi connectivity index (χ0n) is 9.40. The maximum Gasteiger partial charge on any atom is 0.227 e. The van der Waals surface area contributed by atoms with Gasteiger partial charge in [0.2, 0.25) is 5.91 Å². The molecule has 0 aliphatic carbocycles. The van der Waals surface area contributed by atoms with Gasteiger partial charge in [-0.2, -0.15) is 0 Å². The molecule has 0 fully saturated rings. The zero-order valence-corrected chi connectivity index (χ0v) is 9.40. The minimum absolute atomic E-state index is 0.0616.